The summed E-state index contributed by atoms with van der Waals surface area (Å²) in [6.45, 7) is 0. The van der Waals surface area contributed by atoms with Crippen LogP contribution in [-0.4, -0.2) is 4.92 Å². The molecule has 1 aliphatic carbocycles. The molecule has 0 atom stereocenters. The third kappa shape index (κ3) is 1.53. The predicted molar refractivity (Wildman–Crippen MR) is 92.5 cm³/mol. The Morgan fingerprint density at radius 3 is 2.22 bits per heavy atom. The first-order valence-electron chi connectivity index (χ1n) is 7.48. The molecule has 0 fully saturated rings. The van der Waals surface area contributed by atoms with Crippen molar-refractivity contribution >= 4 is 27.2 Å². The minimum Gasteiger partial charge on any atom is -0.258 e. The molecule has 108 valence electrons. The zero-order valence-corrected chi connectivity index (χ0v) is 12.1. The lowest BCUT2D eigenvalue weighted by atomic mass is 9.96. The lowest BCUT2D eigenvalue weighted by Crippen LogP contribution is -1.88. The molecule has 0 N–H and O–H groups in total. The van der Waals surface area contributed by atoms with E-state index in [1.165, 1.54) is 27.6 Å². The van der Waals surface area contributed by atoms with Gasteiger partial charge in [0.2, 0.25) is 0 Å². The van der Waals surface area contributed by atoms with Gasteiger partial charge in [-0.3, -0.25) is 10.1 Å². The lowest BCUT2D eigenvalue weighted by molar-refractivity contribution is -0.384. The number of rotatable bonds is 1. The summed E-state index contributed by atoms with van der Waals surface area (Å²) in [6, 6.07) is 21.8. The van der Waals surface area contributed by atoms with Crippen molar-refractivity contribution in [1.29, 1.82) is 0 Å². The number of nitrogens with zero attached hydrogens (tertiary/aromatic N) is 1. The van der Waals surface area contributed by atoms with Crippen LogP contribution in [0.4, 0.5) is 5.69 Å². The molecule has 0 heterocycles. The summed E-state index contributed by atoms with van der Waals surface area (Å²) < 4.78 is 0. The number of hydrogen-bond donors (Lipinski definition) is 0. The Morgan fingerprint density at radius 2 is 1.43 bits per heavy atom. The molecule has 0 amide bonds. The maximum absolute atomic E-state index is 11.1. The van der Waals surface area contributed by atoms with Gasteiger partial charge in [-0.05, 0) is 55.9 Å². The van der Waals surface area contributed by atoms with Gasteiger partial charge in [-0.1, -0.05) is 42.5 Å². The van der Waals surface area contributed by atoms with Gasteiger partial charge in [0, 0.05) is 12.1 Å². The van der Waals surface area contributed by atoms with Gasteiger partial charge in [0.15, 0.2) is 0 Å². The minimum absolute atomic E-state index is 0.131. The van der Waals surface area contributed by atoms with Crippen molar-refractivity contribution in [3.63, 3.8) is 0 Å². The number of nitro groups is 1. The highest BCUT2D eigenvalue weighted by atomic mass is 16.6. The molecule has 0 radical (unpaired) electrons. The average molecular weight is 297 g/mol. The Kier molecular flexibility index (Phi) is 2.24. The van der Waals surface area contributed by atoms with E-state index < -0.39 is 0 Å². The summed E-state index contributed by atoms with van der Waals surface area (Å²) in [5.41, 5.74) is 4.98. The van der Waals surface area contributed by atoms with Crippen molar-refractivity contribution in [3.05, 3.63) is 76.8 Å². The molecule has 0 spiro atoms. The van der Waals surface area contributed by atoms with Crippen molar-refractivity contribution in [2.75, 3.05) is 0 Å². The van der Waals surface area contributed by atoms with Gasteiger partial charge in [0.1, 0.15) is 0 Å². The molecule has 3 heteroatoms. The van der Waals surface area contributed by atoms with Gasteiger partial charge in [-0.2, -0.15) is 0 Å². The van der Waals surface area contributed by atoms with Gasteiger partial charge >= 0.3 is 0 Å². The van der Waals surface area contributed by atoms with Crippen LogP contribution in [0.15, 0.2) is 66.7 Å². The van der Waals surface area contributed by atoms with Crippen molar-refractivity contribution in [2.24, 2.45) is 0 Å². The van der Waals surface area contributed by atoms with Crippen LogP contribution in [0.2, 0.25) is 0 Å². The van der Waals surface area contributed by atoms with E-state index in [-0.39, 0.29) is 10.6 Å². The van der Waals surface area contributed by atoms with Gasteiger partial charge in [-0.15, -0.1) is 0 Å². The number of fused-ring (bicyclic) bond motifs is 5. The van der Waals surface area contributed by atoms with Crippen LogP contribution in [0.25, 0.3) is 43.8 Å². The fourth-order valence-corrected chi connectivity index (χ4v) is 3.71. The summed E-state index contributed by atoms with van der Waals surface area (Å²) in [7, 11) is 0. The first kappa shape index (κ1) is 12.4. The third-order valence-corrected chi connectivity index (χ3v) is 4.68. The maximum atomic E-state index is 11.1. The second-order valence-electron chi connectivity index (χ2n) is 5.86. The number of non-ortho nitro benzene ring substituents is 1. The summed E-state index contributed by atoms with van der Waals surface area (Å²) in [5.74, 6) is 0. The van der Waals surface area contributed by atoms with Crippen molar-refractivity contribution in [1.82, 2.24) is 0 Å². The van der Waals surface area contributed by atoms with Crippen molar-refractivity contribution in [2.45, 2.75) is 0 Å². The number of hydrogen-bond acceptors (Lipinski definition) is 2. The molecule has 0 bridgehead atoms. The van der Waals surface area contributed by atoms with Crippen molar-refractivity contribution < 1.29 is 4.92 Å². The highest BCUT2D eigenvalue weighted by Crippen LogP contribution is 2.49. The largest absolute Gasteiger partial charge is 0.270 e. The van der Waals surface area contributed by atoms with E-state index in [1.54, 1.807) is 12.1 Å². The Labute approximate surface area is 131 Å². The zero-order valence-electron chi connectivity index (χ0n) is 12.1. The van der Waals surface area contributed by atoms with E-state index in [0.29, 0.717) is 0 Å². The SMILES string of the molecule is O=[N+]([O-])c1ccc2c(c1)cc1c3c(cccc32)-c2ccccc2-1. The Hall–Kier alpha value is -3.20. The summed E-state index contributed by atoms with van der Waals surface area (Å²) in [5, 5.41) is 15.4. The zero-order chi connectivity index (χ0) is 15.6. The van der Waals surface area contributed by atoms with E-state index in [9.17, 15) is 10.1 Å². The van der Waals surface area contributed by atoms with E-state index in [1.807, 2.05) is 18.2 Å². The van der Waals surface area contributed by atoms with Crippen LogP contribution < -0.4 is 0 Å². The van der Waals surface area contributed by atoms with E-state index in [4.69, 9.17) is 0 Å². The van der Waals surface area contributed by atoms with Crippen LogP contribution in [0.5, 0.6) is 0 Å². The fraction of sp³-hybridized carbons (Fsp3) is 0. The molecule has 4 aromatic carbocycles. The Morgan fingerprint density at radius 1 is 0.696 bits per heavy atom. The quantitative estimate of drug-likeness (QED) is 0.231. The summed E-state index contributed by atoms with van der Waals surface area (Å²) >= 11 is 0. The monoisotopic (exact) mass is 297 g/mol. The first-order chi connectivity index (χ1) is 11.2. The van der Waals surface area contributed by atoms with Crippen LogP contribution in [0, 0.1) is 10.1 Å². The van der Waals surface area contributed by atoms with E-state index in [0.717, 1.165) is 16.2 Å². The fourth-order valence-electron chi connectivity index (χ4n) is 3.71. The second kappa shape index (κ2) is 4.17. The van der Waals surface area contributed by atoms with Crippen LogP contribution in [0.1, 0.15) is 0 Å². The summed E-state index contributed by atoms with van der Waals surface area (Å²) in [6.07, 6.45) is 0. The van der Waals surface area contributed by atoms with Crippen LogP contribution >= 0.6 is 0 Å². The number of nitro benzene ring substituents is 1. The molecule has 3 nitrogen and oxygen atoms in total. The van der Waals surface area contributed by atoms with E-state index >= 15 is 0 Å². The van der Waals surface area contributed by atoms with Gasteiger partial charge < -0.3 is 0 Å². The molecular formula is C20H11NO2. The van der Waals surface area contributed by atoms with E-state index in [2.05, 4.69) is 36.4 Å². The van der Waals surface area contributed by atoms with Gasteiger partial charge in [0.25, 0.3) is 5.69 Å². The highest BCUT2D eigenvalue weighted by Gasteiger charge is 2.22. The number of benzene rings is 4. The first-order valence-corrected chi connectivity index (χ1v) is 7.48. The average Bonchev–Trinajstić information content (AvgIpc) is 2.90. The van der Waals surface area contributed by atoms with Crippen LogP contribution in [-0.2, 0) is 0 Å². The third-order valence-electron chi connectivity index (χ3n) is 4.68. The standard InChI is InChI=1S/C20H11NO2/c22-21(23)13-8-9-14-12(10-13)11-19-16-5-2-1-4-15(16)18-7-3-6-17(14)20(18)19/h1-11H. The van der Waals surface area contributed by atoms with Crippen LogP contribution in [0.3, 0.4) is 0 Å². The maximum Gasteiger partial charge on any atom is 0.270 e. The smallest absolute Gasteiger partial charge is 0.258 e. The molecule has 5 rings (SSSR count). The second-order valence-corrected chi connectivity index (χ2v) is 5.86. The molecule has 23 heavy (non-hydrogen) atoms. The molecule has 0 saturated heterocycles. The molecular weight excluding hydrogens is 286 g/mol. The lowest BCUT2D eigenvalue weighted by Gasteiger charge is -2.07. The normalized spacial score (nSPS) is 11.8. The minimum atomic E-state index is -0.340. The highest BCUT2D eigenvalue weighted by molar-refractivity contribution is 6.23. The molecule has 0 aromatic heterocycles. The van der Waals surface area contributed by atoms with Gasteiger partial charge in [0.05, 0.1) is 4.92 Å². The van der Waals surface area contributed by atoms with Crippen molar-refractivity contribution in [3.8, 4) is 22.3 Å². The predicted octanol–water partition coefficient (Wildman–Crippen LogP) is 5.55. The topological polar surface area (TPSA) is 43.1 Å². The molecule has 0 unspecified atom stereocenters. The molecule has 1 aliphatic rings. The summed E-state index contributed by atoms with van der Waals surface area (Å²) in [4.78, 5) is 10.7. The molecule has 0 saturated carbocycles. The molecule has 0 aliphatic heterocycles. The molecule has 4 aromatic rings. The van der Waals surface area contributed by atoms with Gasteiger partial charge in [-0.25, -0.2) is 0 Å². The Balaban J connectivity index is 2.00. The Bertz CT molecular complexity index is 1150.